The lowest BCUT2D eigenvalue weighted by molar-refractivity contribution is 0.0950. The smallest absolute Gasteiger partial charge is 0.253 e. The fourth-order valence-electron chi connectivity index (χ4n) is 2.64. The third-order valence-electron chi connectivity index (χ3n) is 4.01. The van der Waals surface area contributed by atoms with Crippen LogP contribution in [0.25, 0.3) is 0 Å². The summed E-state index contributed by atoms with van der Waals surface area (Å²) in [7, 11) is 3.15. The molecular formula is C21H20ClN3O3. The highest BCUT2D eigenvalue weighted by atomic mass is 35.5. The molecule has 0 fully saturated rings. The zero-order valence-electron chi connectivity index (χ0n) is 15.5. The van der Waals surface area contributed by atoms with Gasteiger partial charge in [0.15, 0.2) is 11.5 Å². The lowest BCUT2D eigenvalue weighted by atomic mass is 10.2. The van der Waals surface area contributed by atoms with Crippen molar-refractivity contribution in [3.05, 3.63) is 77.1 Å². The summed E-state index contributed by atoms with van der Waals surface area (Å²) in [5.74, 6) is 1.03. The summed E-state index contributed by atoms with van der Waals surface area (Å²) >= 11 is 6.00. The fraction of sp³-hybridized carbons (Fsp3) is 0.143. The molecule has 0 spiro atoms. The van der Waals surface area contributed by atoms with E-state index in [1.165, 1.54) is 6.20 Å². The Morgan fingerprint density at radius 1 is 1.00 bits per heavy atom. The quantitative estimate of drug-likeness (QED) is 0.617. The summed E-state index contributed by atoms with van der Waals surface area (Å²) in [6, 6.07) is 14.6. The van der Waals surface area contributed by atoms with Crippen LogP contribution in [0.4, 0.5) is 11.4 Å². The molecule has 0 atom stereocenters. The number of hydrogen-bond donors (Lipinski definition) is 2. The minimum Gasteiger partial charge on any atom is -0.493 e. The number of hydrogen-bond acceptors (Lipinski definition) is 5. The van der Waals surface area contributed by atoms with E-state index in [1.54, 1.807) is 44.7 Å². The highest BCUT2D eigenvalue weighted by molar-refractivity contribution is 6.30. The topological polar surface area (TPSA) is 72.5 Å². The standard InChI is InChI=1S/C21H20ClN3O3/c1-27-19-7-6-14(8-20(19)28-2)11-24-21(26)15-9-18(13-23-12-15)25-17-5-3-4-16(22)10-17/h3-10,12-13,25H,11H2,1-2H3,(H,24,26). The first-order valence-electron chi connectivity index (χ1n) is 8.56. The maximum Gasteiger partial charge on any atom is 0.253 e. The van der Waals surface area contributed by atoms with E-state index in [2.05, 4.69) is 15.6 Å². The summed E-state index contributed by atoms with van der Waals surface area (Å²) in [6.07, 6.45) is 3.17. The van der Waals surface area contributed by atoms with Gasteiger partial charge in [0.05, 0.1) is 31.7 Å². The summed E-state index contributed by atoms with van der Waals surface area (Å²) in [5.41, 5.74) is 2.86. The average Bonchev–Trinajstić information content (AvgIpc) is 2.72. The van der Waals surface area contributed by atoms with Gasteiger partial charge in [0, 0.05) is 23.5 Å². The van der Waals surface area contributed by atoms with Crippen molar-refractivity contribution in [2.24, 2.45) is 0 Å². The van der Waals surface area contributed by atoms with E-state index in [-0.39, 0.29) is 5.91 Å². The second kappa shape index (κ2) is 9.10. The molecule has 28 heavy (non-hydrogen) atoms. The van der Waals surface area contributed by atoms with E-state index < -0.39 is 0 Å². The van der Waals surface area contributed by atoms with Crippen molar-refractivity contribution < 1.29 is 14.3 Å². The highest BCUT2D eigenvalue weighted by Crippen LogP contribution is 2.27. The van der Waals surface area contributed by atoms with Gasteiger partial charge in [-0.2, -0.15) is 0 Å². The predicted octanol–water partition coefficient (Wildman–Crippen LogP) is 4.43. The number of benzene rings is 2. The molecule has 0 aliphatic rings. The van der Waals surface area contributed by atoms with E-state index in [0.29, 0.717) is 34.3 Å². The van der Waals surface area contributed by atoms with Crippen LogP contribution in [0.15, 0.2) is 60.9 Å². The minimum absolute atomic E-state index is 0.225. The van der Waals surface area contributed by atoms with E-state index in [9.17, 15) is 4.79 Å². The maximum atomic E-state index is 12.5. The van der Waals surface area contributed by atoms with Crippen molar-refractivity contribution in [2.45, 2.75) is 6.54 Å². The molecule has 2 aromatic carbocycles. The fourth-order valence-corrected chi connectivity index (χ4v) is 2.83. The molecule has 1 heterocycles. The molecule has 0 aliphatic carbocycles. The van der Waals surface area contributed by atoms with Crippen molar-refractivity contribution in [3.8, 4) is 11.5 Å². The van der Waals surface area contributed by atoms with E-state index in [1.807, 2.05) is 24.3 Å². The van der Waals surface area contributed by atoms with Crippen molar-refractivity contribution in [3.63, 3.8) is 0 Å². The van der Waals surface area contributed by atoms with Gasteiger partial charge in [-0.25, -0.2) is 0 Å². The van der Waals surface area contributed by atoms with Gasteiger partial charge in [-0.15, -0.1) is 0 Å². The number of ether oxygens (including phenoxy) is 2. The monoisotopic (exact) mass is 397 g/mol. The van der Waals surface area contributed by atoms with Gasteiger partial charge in [0.1, 0.15) is 0 Å². The second-order valence-corrected chi connectivity index (χ2v) is 6.41. The third kappa shape index (κ3) is 4.92. The number of carbonyl (C=O) groups excluding carboxylic acids is 1. The molecule has 0 unspecified atom stereocenters. The maximum absolute atomic E-state index is 12.5. The van der Waals surface area contributed by atoms with Gasteiger partial charge in [0.2, 0.25) is 0 Å². The van der Waals surface area contributed by atoms with E-state index >= 15 is 0 Å². The number of rotatable bonds is 7. The summed E-state index contributed by atoms with van der Waals surface area (Å²) in [6.45, 7) is 0.352. The van der Waals surface area contributed by atoms with Crippen LogP contribution >= 0.6 is 11.6 Å². The van der Waals surface area contributed by atoms with Crippen LogP contribution in [0.2, 0.25) is 5.02 Å². The molecule has 144 valence electrons. The number of anilines is 2. The Hall–Kier alpha value is -3.25. The van der Waals surface area contributed by atoms with Crippen molar-refractivity contribution in [2.75, 3.05) is 19.5 Å². The Bertz CT molecular complexity index is 979. The number of aromatic nitrogens is 1. The molecule has 1 aromatic heterocycles. The lowest BCUT2D eigenvalue weighted by Gasteiger charge is -2.11. The molecule has 3 aromatic rings. The van der Waals surface area contributed by atoms with Crippen LogP contribution in [0, 0.1) is 0 Å². The molecule has 7 heteroatoms. The summed E-state index contributed by atoms with van der Waals surface area (Å²) < 4.78 is 10.5. The molecular weight excluding hydrogens is 378 g/mol. The van der Waals surface area contributed by atoms with Crippen LogP contribution in [-0.4, -0.2) is 25.1 Å². The number of methoxy groups -OCH3 is 2. The largest absolute Gasteiger partial charge is 0.493 e. The molecule has 6 nitrogen and oxygen atoms in total. The molecule has 2 N–H and O–H groups in total. The van der Waals surface area contributed by atoms with Gasteiger partial charge in [-0.1, -0.05) is 23.7 Å². The molecule has 0 saturated carbocycles. The Morgan fingerprint density at radius 3 is 2.57 bits per heavy atom. The highest BCUT2D eigenvalue weighted by Gasteiger charge is 2.09. The zero-order valence-corrected chi connectivity index (χ0v) is 16.3. The minimum atomic E-state index is -0.225. The van der Waals surface area contributed by atoms with E-state index in [0.717, 1.165) is 11.3 Å². The van der Waals surface area contributed by atoms with Crippen molar-refractivity contribution >= 4 is 28.9 Å². The molecule has 0 radical (unpaired) electrons. The van der Waals surface area contributed by atoms with Crippen LogP contribution in [-0.2, 0) is 6.54 Å². The first-order valence-corrected chi connectivity index (χ1v) is 8.93. The summed E-state index contributed by atoms with van der Waals surface area (Å²) in [4.78, 5) is 16.6. The lowest BCUT2D eigenvalue weighted by Crippen LogP contribution is -2.23. The summed E-state index contributed by atoms with van der Waals surface area (Å²) in [5, 5.41) is 6.69. The molecule has 0 aliphatic heterocycles. The zero-order chi connectivity index (χ0) is 19.9. The number of carbonyl (C=O) groups is 1. The molecule has 1 amide bonds. The number of pyridine rings is 1. The molecule has 3 rings (SSSR count). The number of halogens is 1. The van der Waals surface area contributed by atoms with Crippen molar-refractivity contribution in [1.29, 1.82) is 0 Å². The Labute approximate surface area is 168 Å². The van der Waals surface area contributed by atoms with Crippen LogP contribution in [0.3, 0.4) is 0 Å². The van der Waals surface area contributed by atoms with Crippen LogP contribution < -0.4 is 20.1 Å². The Morgan fingerprint density at radius 2 is 1.82 bits per heavy atom. The normalized spacial score (nSPS) is 10.2. The number of nitrogens with zero attached hydrogens (tertiary/aromatic N) is 1. The van der Waals surface area contributed by atoms with Crippen LogP contribution in [0.1, 0.15) is 15.9 Å². The molecule has 0 saturated heterocycles. The van der Waals surface area contributed by atoms with Crippen molar-refractivity contribution in [1.82, 2.24) is 10.3 Å². The van der Waals surface area contributed by atoms with Gasteiger partial charge >= 0.3 is 0 Å². The van der Waals surface area contributed by atoms with Gasteiger partial charge in [-0.05, 0) is 42.0 Å². The Kier molecular flexibility index (Phi) is 6.34. The predicted molar refractivity (Wildman–Crippen MR) is 110 cm³/mol. The SMILES string of the molecule is COc1ccc(CNC(=O)c2cncc(Nc3cccc(Cl)c3)c2)cc1OC. The molecule has 0 bridgehead atoms. The van der Waals surface area contributed by atoms with E-state index in [4.69, 9.17) is 21.1 Å². The van der Waals surface area contributed by atoms with Crippen LogP contribution in [0.5, 0.6) is 11.5 Å². The first kappa shape index (κ1) is 19.5. The number of amides is 1. The second-order valence-electron chi connectivity index (χ2n) is 5.97. The first-order chi connectivity index (χ1) is 13.6. The van der Waals surface area contributed by atoms with Gasteiger partial charge in [0.25, 0.3) is 5.91 Å². The third-order valence-corrected chi connectivity index (χ3v) is 4.25. The van der Waals surface area contributed by atoms with Gasteiger partial charge in [-0.3, -0.25) is 9.78 Å². The van der Waals surface area contributed by atoms with Gasteiger partial charge < -0.3 is 20.1 Å². The number of nitrogens with one attached hydrogen (secondary N) is 2. The average molecular weight is 398 g/mol. The Balaban J connectivity index is 1.66.